The molecule has 5 heteroatoms. The van der Waals surface area contributed by atoms with Crippen molar-refractivity contribution in [1.82, 2.24) is 4.90 Å². The molecule has 108 valence electrons. The van der Waals surface area contributed by atoms with Gasteiger partial charge in [-0.1, -0.05) is 6.07 Å². The summed E-state index contributed by atoms with van der Waals surface area (Å²) in [5, 5.41) is 8.73. The van der Waals surface area contributed by atoms with Crippen LogP contribution in [0.5, 0.6) is 0 Å². The fraction of sp³-hybridized carbons (Fsp3) is 0.467. The summed E-state index contributed by atoms with van der Waals surface area (Å²) in [7, 11) is 0. The SMILES string of the molecule is Nc1cccc(C(=O)N2CCCC(CCC(=O)O)C2)c1. The molecule has 1 aromatic rings. The summed E-state index contributed by atoms with van der Waals surface area (Å²) in [4.78, 5) is 24.8. The molecule has 1 aromatic carbocycles. The number of hydrogen-bond donors (Lipinski definition) is 2. The lowest BCUT2D eigenvalue weighted by Crippen LogP contribution is -2.40. The van der Waals surface area contributed by atoms with E-state index in [9.17, 15) is 9.59 Å². The molecule has 1 amide bonds. The minimum Gasteiger partial charge on any atom is -0.481 e. The monoisotopic (exact) mass is 276 g/mol. The number of likely N-dealkylation sites (tertiary alicyclic amines) is 1. The van der Waals surface area contributed by atoms with Crippen LogP contribution in [0.1, 0.15) is 36.0 Å². The maximum Gasteiger partial charge on any atom is 0.303 e. The standard InChI is InChI=1S/C15H20N2O3/c16-13-5-1-4-12(9-13)15(20)17-8-2-3-11(10-17)6-7-14(18)19/h1,4-5,9,11H,2-3,6-8,10,16H2,(H,18,19). The van der Waals surface area contributed by atoms with E-state index in [0.29, 0.717) is 24.2 Å². The van der Waals surface area contributed by atoms with E-state index in [0.717, 1.165) is 19.4 Å². The molecule has 1 atom stereocenters. The Balaban J connectivity index is 1.98. The number of nitrogen functional groups attached to an aromatic ring is 1. The van der Waals surface area contributed by atoms with Crippen molar-refractivity contribution in [2.75, 3.05) is 18.8 Å². The van der Waals surface area contributed by atoms with E-state index in [2.05, 4.69) is 0 Å². The van der Waals surface area contributed by atoms with Crippen molar-refractivity contribution in [2.45, 2.75) is 25.7 Å². The Morgan fingerprint density at radius 2 is 2.20 bits per heavy atom. The number of anilines is 1. The normalized spacial score (nSPS) is 18.8. The number of carboxylic acid groups (broad SMARTS) is 1. The van der Waals surface area contributed by atoms with Gasteiger partial charge < -0.3 is 15.7 Å². The molecule has 20 heavy (non-hydrogen) atoms. The molecule has 0 aliphatic carbocycles. The molecule has 1 fully saturated rings. The average molecular weight is 276 g/mol. The smallest absolute Gasteiger partial charge is 0.303 e. The third-order valence-electron chi connectivity index (χ3n) is 3.71. The van der Waals surface area contributed by atoms with Gasteiger partial charge in [0.2, 0.25) is 0 Å². The molecule has 1 saturated heterocycles. The predicted molar refractivity (Wildman–Crippen MR) is 76.4 cm³/mol. The van der Waals surface area contributed by atoms with E-state index in [-0.39, 0.29) is 18.2 Å². The Kier molecular flexibility index (Phi) is 4.61. The van der Waals surface area contributed by atoms with Crippen LogP contribution in [-0.4, -0.2) is 35.0 Å². The van der Waals surface area contributed by atoms with Gasteiger partial charge in [0.15, 0.2) is 0 Å². The number of benzene rings is 1. The number of rotatable bonds is 4. The van der Waals surface area contributed by atoms with Gasteiger partial charge in [0.25, 0.3) is 5.91 Å². The molecule has 2 rings (SSSR count). The second kappa shape index (κ2) is 6.41. The molecule has 1 heterocycles. The van der Waals surface area contributed by atoms with Gasteiger partial charge in [-0.05, 0) is 43.4 Å². The summed E-state index contributed by atoms with van der Waals surface area (Å²) in [5.74, 6) is -0.508. The number of hydrogen-bond acceptors (Lipinski definition) is 3. The molecular weight excluding hydrogens is 256 g/mol. The zero-order valence-electron chi connectivity index (χ0n) is 11.4. The largest absolute Gasteiger partial charge is 0.481 e. The number of carbonyl (C=O) groups excluding carboxylic acids is 1. The Morgan fingerprint density at radius 1 is 1.40 bits per heavy atom. The minimum atomic E-state index is -0.774. The van der Waals surface area contributed by atoms with Gasteiger partial charge in [0, 0.05) is 30.8 Å². The van der Waals surface area contributed by atoms with Gasteiger partial charge >= 0.3 is 5.97 Å². The van der Waals surface area contributed by atoms with E-state index in [1.807, 2.05) is 4.90 Å². The highest BCUT2D eigenvalue weighted by Gasteiger charge is 2.24. The highest BCUT2D eigenvalue weighted by Crippen LogP contribution is 2.22. The fourth-order valence-electron chi connectivity index (χ4n) is 2.67. The molecule has 0 saturated carbocycles. The summed E-state index contributed by atoms with van der Waals surface area (Å²) >= 11 is 0. The highest BCUT2D eigenvalue weighted by atomic mass is 16.4. The number of nitrogens with two attached hydrogens (primary N) is 1. The van der Waals surface area contributed by atoms with Gasteiger partial charge in [0.1, 0.15) is 0 Å². The van der Waals surface area contributed by atoms with Crippen molar-refractivity contribution in [2.24, 2.45) is 5.92 Å². The Bertz CT molecular complexity index is 502. The fourth-order valence-corrected chi connectivity index (χ4v) is 2.67. The number of carboxylic acids is 1. The van der Waals surface area contributed by atoms with Gasteiger partial charge in [-0.3, -0.25) is 9.59 Å². The van der Waals surface area contributed by atoms with Crippen LogP contribution >= 0.6 is 0 Å². The molecule has 5 nitrogen and oxygen atoms in total. The van der Waals surface area contributed by atoms with Gasteiger partial charge in [0.05, 0.1) is 0 Å². The van der Waals surface area contributed by atoms with Crippen molar-refractivity contribution in [3.05, 3.63) is 29.8 Å². The number of piperidine rings is 1. The number of amides is 1. The van der Waals surface area contributed by atoms with Crippen LogP contribution in [0.2, 0.25) is 0 Å². The van der Waals surface area contributed by atoms with Crippen LogP contribution in [0.25, 0.3) is 0 Å². The zero-order valence-corrected chi connectivity index (χ0v) is 11.4. The lowest BCUT2D eigenvalue weighted by Gasteiger charge is -2.32. The molecule has 0 radical (unpaired) electrons. The first-order chi connectivity index (χ1) is 9.56. The highest BCUT2D eigenvalue weighted by molar-refractivity contribution is 5.95. The molecule has 1 aliphatic heterocycles. The lowest BCUT2D eigenvalue weighted by molar-refractivity contribution is -0.137. The summed E-state index contributed by atoms with van der Waals surface area (Å²) in [6.45, 7) is 1.37. The van der Waals surface area contributed by atoms with Gasteiger partial charge in [-0.15, -0.1) is 0 Å². The Morgan fingerprint density at radius 3 is 2.90 bits per heavy atom. The second-order valence-corrected chi connectivity index (χ2v) is 5.32. The lowest BCUT2D eigenvalue weighted by atomic mass is 9.93. The average Bonchev–Trinajstić information content (AvgIpc) is 2.44. The Hall–Kier alpha value is -2.04. The molecule has 1 unspecified atom stereocenters. The first-order valence-electron chi connectivity index (χ1n) is 6.93. The van der Waals surface area contributed by atoms with Crippen molar-refractivity contribution < 1.29 is 14.7 Å². The summed E-state index contributed by atoms with van der Waals surface area (Å²) < 4.78 is 0. The van der Waals surface area contributed by atoms with Crippen LogP contribution in [0.4, 0.5) is 5.69 Å². The molecule has 1 aliphatic rings. The molecular formula is C15H20N2O3. The van der Waals surface area contributed by atoms with Crippen molar-refractivity contribution in [3.8, 4) is 0 Å². The predicted octanol–water partition coefficient (Wildman–Crippen LogP) is 1.99. The van der Waals surface area contributed by atoms with E-state index < -0.39 is 5.97 Å². The summed E-state index contributed by atoms with van der Waals surface area (Å²) in [6.07, 6.45) is 2.73. The van der Waals surface area contributed by atoms with Crippen molar-refractivity contribution in [3.63, 3.8) is 0 Å². The van der Waals surface area contributed by atoms with Crippen molar-refractivity contribution >= 4 is 17.6 Å². The number of nitrogens with zero attached hydrogens (tertiary/aromatic N) is 1. The van der Waals surface area contributed by atoms with Crippen LogP contribution in [-0.2, 0) is 4.79 Å². The Labute approximate surface area is 118 Å². The molecule has 0 bridgehead atoms. The summed E-state index contributed by atoms with van der Waals surface area (Å²) in [5.41, 5.74) is 6.88. The second-order valence-electron chi connectivity index (χ2n) is 5.32. The quantitative estimate of drug-likeness (QED) is 0.824. The minimum absolute atomic E-state index is 0.0164. The van der Waals surface area contributed by atoms with E-state index in [1.165, 1.54) is 0 Å². The van der Waals surface area contributed by atoms with Gasteiger partial charge in [-0.25, -0.2) is 0 Å². The van der Waals surface area contributed by atoms with E-state index >= 15 is 0 Å². The maximum absolute atomic E-state index is 12.4. The van der Waals surface area contributed by atoms with Crippen LogP contribution in [0.3, 0.4) is 0 Å². The molecule has 0 aromatic heterocycles. The zero-order chi connectivity index (χ0) is 14.5. The van der Waals surface area contributed by atoms with E-state index in [1.54, 1.807) is 24.3 Å². The first-order valence-corrected chi connectivity index (χ1v) is 6.93. The topological polar surface area (TPSA) is 83.6 Å². The number of carbonyl (C=O) groups is 2. The third-order valence-corrected chi connectivity index (χ3v) is 3.71. The van der Waals surface area contributed by atoms with Crippen LogP contribution in [0.15, 0.2) is 24.3 Å². The van der Waals surface area contributed by atoms with Crippen molar-refractivity contribution in [1.29, 1.82) is 0 Å². The first kappa shape index (κ1) is 14.4. The number of aliphatic carboxylic acids is 1. The van der Waals surface area contributed by atoms with Crippen LogP contribution in [0, 0.1) is 5.92 Å². The van der Waals surface area contributed by atoms with Gasteiger partial charge in [-0.2, -0.15) is 0 Å². The third kappa shape index (κ3) is 3.73. The summed E-state index contributed by atoms with van der Waals surface area (Å²) in [6, 6.07) is 6.97. The molecule has 3 N–H and O–H groups in total. The maximum atomic E-state index is 12.4. The molecule has 0 spiro atoms. The van der Waals surface area contributed by atoms with Crippen LogP contribution < -0.4 is 5.73 Å². The van der Waals surface area contributed by atoms with E-state index in [4.69, 9.17) is 10.8 Å².